The minimum Gasteiger partial charge on any atom is -0.494 e. The number of fused-ring (bicyclic) bond motifs is 1. The van der Waals surface area contributed by atoms with E-state index in [4.69, 9.17) is 14.6 Å². The maximum Gasteiger partial charge on any atom is 0.303 e. The highest BCUT2D eigenvalue weighted by atomic mass is 16.5. The molecule has 0 unspecified atom stereocenters. The van der Waals surface area contributed by atoms with E-state index in [9.17, 15) is 4.79 Å². The molecule has 0 aliphatic heterocycles. The van der Waals surface area contributed by atoms with Gasteiger partial charge in [-0.15, -0.1) is 0 Å². The molecule has 0 radical (unpaired) electrons. The van der Waals surface area contributed by atoms with Crippen LogP contribution in [0.1, 0.15) is 43.4 Å². The van der Waals surface area contributed by atoms with E-state index in [0.717, 1.165) is 51.2 Å². The summed E-state index contributed by atoms with van der Waals surface area (Å²) in [6, 6.07) is 22.7. The van der Waals surface area contributed by atoms with Gasteiger partial charge in [-0.1, -0.05) is 44.2 Å². The monoisotopic (exact) mass is 471 g/mol. The second kappa shape index (κ2) is 11.1. The number of carbonyl (C=O) groups is 1. The molecular formula is C30H33NO4. The lowest BCUT2D eigenvalue weighted by atomic mass is 10.0. The molecular weight excluding hydrogens is 438 g/mol. The van der Waals surface area contributed by atoms with Gasteiger partial charge in [0.2, 0.25) is 0 Å². The molecule has 4 rings (SSSR count). The molecule has 0 atom stereocenters. The topological polar surface area (TPSA) is 71.5 Å². The first-order valence-electron chi connectivity index (χ1n) is 12.2. The maximum atomic E-state index is 10.6. The Balaban J connectivity index is 1.47. The molecule has 0 fully saturated rings. The number of nitrogens with one attached hydrogen (secondary N) is 1. The Bertz CT molecular complexity index is 1270. The van der Waals surface area contributed by atoms with Crippen LogP contribution in [0.3, 0.4) is 0 Å². The number of benzene rings is 3. The summed E-state index contributed by atoms with van der Waals surface area (Å²) < 4.78 is 11.9. The van der Waals surface area contributed by atoms with Crippen molar-refractivity contribution >= 4 is 16.9 Å². The molecule has 2 N–H and O–H groups in total. The van der Waals surface area contributed by atoms with Gasteiger partial charge in [-0.05, 0) is 84.3 Å². The largest absolute Gasteiger partial charge is 0.494 e. The molecule has 35 heavy (non-hydrogen) atoms. The molecule has 5 nitrogen and oxygen atoms in total. The van der Waals surface area contributed by atoms with Gasteiger partial charge in [0.05, 0.1) is 6.61 Å². The van der Waals surface area contributed by atoms with Gasteiger partial charge < -0.3 is 19.6 Å². The second-order valence-electron chi connectivity index (χ2n) is 9.38. The average Bonchev–Trinajstić information content (AvgIpc) is 3.18. The van der Waals surface area contributed by atoms with Crippen LogP contribution in [0.25, 0.3) is 22.2 Å². The summed E-state index contributed by atoms with van der Waals surface area (Å²) in [5.74, 6) is 1.44. The first kappa shape index (κ1) is 24.4. The van der Waals surface area contributed by atoms with Crippen LogP contribution in [-0.4, -0.2) is 22.7 Å². The van der Waals surface area contributed by atoms with Gasteiger partial charge in [-0.25, -0.2) is 0 Å². The van der Waals surface area contributed by atoms with Crippen molar-refractivity contribution in [2.75, 3.05) is 6.61 Å². The van der Waals surface area contributed by atoms with Crippen LogP contribution < -0.4 is 9.47 Å². The lowest BCUT2D eigenvalue weighted by Gasteiger charge is -2.10. The number of aryl methyl sites for hydroxylation is 1. The SMILES string of the molecule is Cc1c(-c2ccc(OCCCC(=O)O)cc2)[nH]c2cccc(OCc3ccc(CC(C)C)cc3)c12. The van der Waals surface area contributed by atoms with Gasteiger partial charge in [-0.2, -0.15) is 0 Å². The zero-order chi connectivity index (χ0) is 24.8. The second-order valence-corrected chi connectivity index (χ2v) is 9.38. The van der Waals surface area contributed by atoms with Crippen molar-refractivity contribution in [1.82, 2.24) is 4.98 Å². The van der Waals surface area contributed by atoms with E-state index in [1.165, 1.54) is 5.56 Å². The Morgan fingerprint density at radius 1 is 0.943 bits per heavy atom. The Kier molecular flexibility index (Phi) is 7.76. The minimum absolute atomic E-state index is 0.111. The highest BCUT2D eigenvalue weighted by molar-refractivity contribution is 5.95. The fourth-order valence-corrected chi connectivity index (χ4v) is 4.32. The smallest absolute Gasteiger partial charge is 0.303 e. The van der Waals surface area contributed by atoms with E-state index >= 15 is 0 Å². The van der Waals surface area contributed by atoms with Crippen LogP contribution in [0.4, 0.5) is 0 Å². The van der Waals surface area contributed by atoms with Crippen LogP contribution in [0, 0.1) is 12.8 Å². The van der Waals surface area contributed by atoms with Crippen LogP contribution in [0.2, 0.25) is 0 Å². The minimum atomic E-state index is -0.805. The van der Waals surface area contributed by atoms with Crippen LogP contribution in [0.15, 0.2) is 66.7 Å². The Morgan fingerprint density at radius 3 is 2.34 bits per heavy atom. The Morgan fingerprint density at radius 2 is 1.66 bits per heavy atom. The molecule has 0 saturated heterocycles. The third-order valence-electron chi connectivity index (χ3n) is 6.04. The Labute approximate surface area is 206 Å². The quantitative estimate of drug-likeness (QED) is 0.228. The number of ether oxygens (including phenoxy) is 2. The van der Waals surface area contributed by atoms with Crippen molar-refractivity contribution in [3.63, 3.8) is 0 Å². The van der Waals surface area contributed by atoms with Crippen LogP contribution >= 0.6 is 0 Å². The van der Waals surface area contributed by atoms with E-state index in [0.29, 0.717) is 25.6 Å². The van der Waals surface area contributed by atoms with Crippen molar-refractivity contribution in [2.24, 2.45) is 5.92 Å². The number of hydrogen-bond acceptors (Lipinski definition) is 3. The fraction of sp³-hybridized carbons (Fsp3) is 0.300. The van der Waals surface area contributed by atoms with Crippen LogP contribution in [0.5, 0.6) is 11.5 Å². The number of aromatic amines is 1. The van der Waals surface area contributed by atoms with Gasteiger partial charge in [0.15, 0.2) is 0 Å². The first-order chi connectivity index (χ1) is 16.9. The van der Waals surface area contributed by atoms with Crippen molar-refractivity contribution in [2.45, 2.75) is 46.6 Å². The standard InChI is InChI=1S/C30H33NO4/c1-20(2)18-22-9-11-23(12-10-22)19-35-27-7-4-6-26-29(27)21(3)30(31-26)24-13-15-25(16-14-24)34-17-5-8-28(32)33/h4,6-7,9-16,20,31H,5,8,17-19H2,1-3H3,(H,32,33). The molecule has 3 aromatic carbocycles. The number of aromatic nitrogens is 1. The van der Waals surface area contributed by atoms with Gasteiger partial charge in [0.25, 0.3) is 0 Å². The van der Waals surface area contributed by atoms with Crippen molar-refractivity contribution in [1.29, 1.82) is 0 Å². The van der Waals surface area contributed by atoms with Crippen LogP contribution in [-0.2, 0) is 17.8 Å². The van der Waals surface area contributed by atoms with Gasteiger partial charge in [0, 0.05) is 23.0 Å². The summed E-state index contributed by atoms with van der Waals surface area (Å²) in [4.78, 5) is 14.2. The third kappa shape index (κ3) is 6.24. The third-order valence-corrected chi connectivity index (χ3v) is 6.04. The summed E-state index contributed by atoms with van der Waals surface area (Å²) in [6.45, 7) is 7.49. The molecule has 182 valence electrons. The highest BCUT2D eigenvalue weighted by Gasteiger charge is 2.14. The maximum absolute atomic E-state index is 10.6. The number of hydrogen-bond donors (Lipinski definition) is 2. The van der Waals surface area contributed by atoms with E-state index < -0.39 is 5.97 Å². The van der Waals surface area contributed by atoms with E-state index in [2.05, 4.69) is 56.1 Å². The van der Waals surface area contributed by atoms with Crippen molar-refractivity contribution in [3.05, 3.63) is 83.4 Å². The number of carboxylic acids is 1. The number of aliphatic carboxylic acids is 1. The predicted molar refractivity (Wildman–Crippen MR) is 140 cm³/mol. The van der Waals surface area contributed by atoms with Gasteiger partial charge >= 0.3 is 5.97 Å². The van der Waals surface area contributed by atoms with E-state index in [-0.39, 0.29) is 6.42 Å². The van der Waals surface area contributed by atoms with Gasteiger partial charge in [0.1, 0.15) is 18.1 Å². The molecule has 0 aliphatic rings. The number of rotatable bonds is 11. The molecule has 0 bridgehead atoms. The highest BCUT2D eigenvalue weighted by Crippen LogP contribution is 2.36. The zero-order valence-corrected chi connectivity index (χ0v) is 20.6. The molecule has 0 spiro atoms. The molecule has 5 heteroatoms. The molecule has 0 aliphatic carbocycles. The number of H-pyrrole nitrogens is 1. The van der Waals surface area contributed by atoms with Crippen molar-refractivity contribution < 1.29 is 19.4 Å². The summed E-state index contributed by atoms with van der Waals surface area (Å²) in [5.41, 5.74) is 6.79. The van der Waals surface area contributed by atoms with Gasteiger partial charge in [-0.3, -0.25) is 4.79 Å². The normalized spacial score (nSPS) is 11.2. The molecule has 4 aromatic rings. The summed E-state index contributed by atoms with van der Waals surface area (Å²) in [6.07, 6.45) is 1.69. The predicted octanol–water partition coefficient (Wildman–Crippen LogP) is 7.16. The molecule has 0 amide bonds. The lowest BCUT2D eigenvalue weighted by molar-refractivity contribution is -0.137. The summed E-state index contributed by atoms with van der Waals surface area (Å²) >= 11 is 0. The first-order valence-corrected chi connectivity index (χ1v) is 12.2. The van der Waals surface area contributed by atoms with E-state index in [1.54, 1.807) is 0 Å². The lowest BCUT2D eigenvalue weighted by Crippen LogP contribution is -2.01. The summed E-state index contributed by atoms with van der Waals surface area (Å²) in [7, 11) is 0. The van der Waals surface area contributed by atoms with E-state index in [1.807, 2.05) is 36.4 Å². The average molecular weight is 472 g/mol. The molecule has 0 saturated carbocycles. The van der Waals surface area contributed by atoms with Crippen molar-refractivity contribution in [3.8, 4) is 22.8 Å². The fourth-order valence-electron chi connectivity index (χ4n) is 4.32. The molecule has 1 heterocycles. The molecule has 1 aromatic heterocycles. The summed E-state index contributed by atoms with van der Waals surface area (Å²) in [5, 5.41) is 9.83. The Hall–Kier alpha value is -3.73. The number of carboxylic acid groups (broad SMARTS) is 1. The zero-order valence-electron chi connectivity index (χ0n) is 20.6.